The number of benzene rings is 2. The van der Waals surface area contributed by atoms with Gasteiger partial charge < -0.3 is 25.8 Å². The number of hydroxylamine groups is 4. The molecule has 4 N–H and O–H groups in total. The van der Waals surface area contributed by atoms with Gasteiger partial charge >= 0.3 is 0 Å². The van der Waals surface area contributed by atoms with Crippen molar-refractivity contribution in [3.8, 4) is 16.9 Å². The van der Waals surface area contributed by atoms with E-state index in [-0.39, 0.29) is 30.9 Å². The summed E-state index contributed by atoms with van der Waals surface area (Å²) in [5.41, 5.74) is 10.1. The van der Waals surface area contributed by atoms with E-state index in [4.69, 9.17) is 20.1 Å². The molecule has 3 aliphatic carbocycles. The Morgan fingerprint density at radius 3 is 2.47 bits per heavy atom. The summed E-state index contributed by atoms with van der Waals surface area (Å²) >= 11 is 0. The molecule has 2 aromatic carbocycles. The first-order valence-electron chi connectivity index (χ1n) is 16.7. The molecule has 2 aromatic rings. The predicted molar refractivity (Wildman–Crippen MR) is 181 cm³/mol. The number of para-hydroxylation sites is 1. The van der Waals surface area contributed by atoms with Crippen molar-refractivity contribution in [2.24, 2.45) is 34.8 Å². The Morgan fingerprint density at radius 1 is 1.17 bits per heavy atom. The van der Waals surface area contributed by atoms with Gasteiger partial charge in [-0.15, -0.1) is 0 Å². The summed E-state index contributed by atoms with van der Waals surface area (Å²) in [7, 11) is 8.46. The second-order valence-corrected chi connectivity index (χ2v) is 14.4. The Bertz CT molecular complexity index is 1460. The summed E-state index contributed by atoms with van der Waals surface area (Å²) in [5, 5.41) is 17.1. The van der Waals surface area contributed by atoms with Crippen molar-refractivity contribution in [1.29, 1.82) is 0 Å². The normalized spacial score (nSPS) is 28.7. The van der Waals surface area contributed by atoms with Crippen LogP contribution < -0.4 is 20.7 Å². The average Bonchev–Trinajstić information content (AvgIpc) is 3.42. The molecule has 2 amide bonds. The number of amides is 2. The fraction of sp³-hybridized carbons (Fsp3) is 0.611. The van der Waals surface area contributed by atoms with Crippen LogP contribution in [-0.2, 0) is 21.0 Å². The smallest absolute Gasteiger partial charge is 0.277 e. The number of nitrogens with one attached hydrogen (secondary N) is 1. The predicted octanol–water partition coefficient (Wildman–Crippen LogP) is 3.69. The monoisotopic (exact) mass is 651 g/mol. The Hall–Kier alpha value is -3.22. The zero-order valence-electron chi connectivity index (χ0n) is 29.3. The molecule has 1 aliphatic heterocycles. The molecule has 258 valence electrons. The number of aliphatic hydroxyl groups excluding tert-OH is 1. The van der Waals surface area contributed by atoms with Crippen LogP contribution in [0.2, 0.25) is 0 Å². The summed E-state index contributed by atoms with van der Waals surface area (Å²) in [6, 6.07) is 10.8. The number of hydrogen-bond donors (Lipinski definition) is 3. The number of fused-ring (bicyclic) bond motifs is 2. The van der Waals surface area contributed by atoms with Crippen LogP contribution in [0.4, 0.5) is 5.69 Å². The van der Waals surface area contributed by atoms with Gasteiger partial charge in [-0.25, -0.2) is 5.06 Å². The van der Waals surface area contributed by atoms with Gasteiger partial charge in [0, 0.05) is 62.0 Å². The van der Waals surface area contributed by atoms with Gasteiger partial charge in [0.1, 0.15) is 11.8 Å². The number of methoxy groups -OCH3 is 1. The lowest BCUT2D eigenvalue weighted by Gasteiger charge is -2.62. The van der Waals surface area contributed by atoms with E-state index in [2.05, 4.69) is 26.1 Å². The molecule has 4 aliphatic rings. The highest BCUT2D eigenvalue weighted by atomic mass is 16.7. The molecule has 8 atom stereocenters. The van der Waals surface area contributed by atoms with Gasteiger partial charge in [0.25, 0.3) is 5.91 Å². The highest BCUT2D eigenvalue weighted by molar-refractivity contribution is 5.96. The van der Waals surface area contributed by atoms with Gasteiger partial charge in [-0.05, 0) is 66.7 Å². The van der Waals surface area contributed by atoms with Crippen molar-refractivity contribution in [2.45, 2.75) is 71.4 Å². The zero-order chi connectivity index (χ0) is 34.4. The molecule has 0 unspecified atom stereocenters. The Balaban J connectivity index is 1.47. The van der Waals surface area contributed by atoms with Crippen LogP contribution in [0.5, 0.6) is 5.75 Å². The number of carbonyl (C=O) groups is 2. The number of ether oxygens (including phenoxy) is 1. The van der Waals surface area contributed by atoms with E-state index in [0.717, 1.165) is 28.8 Å². The standard InChI is InChI=1S/C36H53N5O6/c1-20-28-16-25(36(28,3)4)17-29(20)38-34(43)32-31(21(2)42)30(18-37)47-41(32)19-22-11-10-12-27(33(22)45-8)23-13-24(35(44)40(7)46-9)15-26(14-23)39(5)6/h10-15,20-21,25,28-32,42H,16-19,37H2,1-9H3,(H,38,43)/t20-,21-,25-,28+,29-,30-,31+,32-/m0/s1. The molecule has 11 heteroatoms. The summed E-state index contributed by atoms with van der Waals surface area (Å²) in [6.07, 6.45) is 0.829. The zero-order valence-corrected chi connectivity index (χ0v) is 29.3. The topological polar surface area (TPSA) is 130 Å². The maximum absolute atomic E-state index is 14.2. The number of nitrogens with two attached hydrogens (primary N) is 1. The van der Waals surface area contributed by atoms with Crippen LogP contribution in [0.25, 0.3) is 11.1 Å². The van der Waals surface area contributed by atoms with Crippen molar-refractivity contribution in [3.63, 3.8) is 0 Å². The highest BCUT2D eigenvalue weighted by Gasteiger charge is 2.57. The number of rotatable bonds is 11. The number of carbonyl (C=O) groups excluding carboxylic acids is 2. The molecule has 1 saturated heterocycles. The van der Waals surface area contributed by atoms with E-state index in [1.54, 1.807) is 26.1 Å². The Kier molecular flexibility index (Phi) is 10.2. The lowest BCUT2D eigenvalue weighted by Crippen LogP contribution is -2.62. The summed E-state index contributed by atoms with van der Waals surface area (Å²) in [4.78, 5) is 40.7. The molecule has 0 spiro atoms. The first kappa shape index (κ1) is 35.1. The van der Waals surface area contributed by atoms with E-state index in [0.29, 0.717) is 34.5 Å². The first-order chi connectivity index (χ1) is 22.2. The molecule has 0 aromatic heterocycles. The first-order valence-corrected chi connectivity index (χ1v) is 16.7. The molecule has 47 heavy (non-hydrogen) atoms. The summed E-state index contributed by atoms with van der Waals surface area (Å²) < 4.78 is 6.01. The molecule has 2 bridgehead atoms. The van der Waals surface area contributed by atoms with Crippen molar-refractivity contribution < 1.29 is 29.1 Å². The largest absolute Gasteiger partial charge is 0.496 e. The van der Waals surface area contributed by atoms with Crippen molar-refractivity contribution in [3.05, 3.63) is 47.5 Å². The Labute approximate surface area is 279 Å². The maximum atomic E-state index is 14.2. The molecule has 6 rings (SSSR count). The van der Waals surface area contributed by atoms with Gasteiger partial charge in [-0.3, -0.25) is 19.3 Å². The van der Waals surface area contributed by atoms with Crippen molar-refractivity contribution in [2.75, 3.05) is 46.8 Å². The lowest BCUT2D eigenvalue weighted by molar-refractivity contribution is -0.175. The Morgan fingerprint density at radius 2 is 1.89 bits per heavy atom. The fourth-order valence-corrected chi connectivity index (χ4v) is 8.29. The summed E-state index contributed by atoms with van der Waals surface area (Å²) in [6.45, 7) is 9.02. The third kappa shape index (κ3) is 6.48. The van der Waals surface area contributed by atoms with Crippen LogP contribution in [0.3, 0.4) is 0 Å². The molecular formula is C36H53N5O6. The molecule has 11 nitrogen and oxygen atoms in total. The van der Waals surface area contributed by atoms with Gasteiger partial charge in [0.05, 0.1) is 33.0 Å². The van der Waals surface area contributed by atoms with Crippen molar-refractivity contribution in [1.82, 2.24) is 15.4 Å². The van der Waals surface area contributed by atoms with Gasteiger partial charge in [0.15, 0.2) is 0 Å². The van der Waals surface area contributed by atoms with E-state index >= 15 is 0 Å². The van der Waals surface area contributed by atoms with Crippen LogP contribution in [0.15, 0.2) is 36.4 Å². The number of nitrogens with zero attached hydrogens (tertiary/aromatic N) is 3. The van der Waals surface area contributed by atoms with Crippen molar-refractivity contribution >= 4 is 17.5 Å². The second-order valence-electron chi connectivity index (χ2n) is 14.4. The SMILES string of the molecule is COc1c(CN2O[C@@H](CN)[C@@H]([C@H](C)O)[C@H]2C(=O)N[C@H]2C[C@@H]3C[C@H]([C@@H]2C)C3(C)C)cccc1-c1cc(C(=O)N(C)OC)cc(N(C)C)c1. The fourth-order valence-electron chi connectivity index (χ4n) is 8.29. The second kappa shape index (κ2) is 13.7. The van der Waals surface area contributed by atoms with Gasteiger partial charge in [-0.1, -0.05) is 39.0 Å². The van der Waals surface area contributed by atoms with Gasteiger partial charge in [0.2, 0.25) is 5.91 Å². The van der Waals surface area contributed by atoms with E-state index in [1.807, 2.05) is 55.4 Å². The lowest BCUT2D eigenvalue weighted by atomic mass is 9.45. The minimum atomic E-state index is -0.816. The van der Waals surface area contributed by atoms with Gasteiger partial charge in [-0.2, -0.15) is 5.06 Å². The molecule has 3 saturated carbocycles. The molecule has 0 radical (unpaired) electrons. The molecular weight excluding hydrogens is 598 g/mol. The van der Waals surface area contributed by atoms with Crippen LogP contribution in [-0.4, -0.2) is 93.2 Å². The van der Waals surface area contributed by atoms with Crippen LogP contribution in [0, 0.1) is 29.1 Å². The molecule has 4 fully saturated rings. The van der Waals surface area contributed by atoms with Crippen LogP contribution in [0.1, 0.15) is 56.5 Å². The number of aliphatic hydroxyl groups is 1. The van der Waals surface area contributed by atoms with E-state index in [9.17, 15) is 14.7 Å². The average molecular weight is 652 g/mol. The third-order valence-electron chi connectivity index (χ3n) is 11.3. The quantitative estimate of drug-likeness (QED) is 0.312. The summed E-state index contributed by atoms with van der Waals surface area (Å²) in [5.74, 6) is 1.19. The van der Waals surface area contributed by atoms with E-state index < -0.39 is 24.2 Å². The van der Waals surface area contributed by atoms with E-state index in [1.165, 1.54) is 18.6 Å². The maximum Gasteiger partial charge on any atom is 0.277 e. The minimum Gasteiger partial charge on any atom is -0.496 e. The number of hydrogen-bond acceptors (Lipinski definition) is 9. The minimum absolute atomic E-state index is 0.0728. The third-order valence-corrected chi connectivity index (χ3v) is 11.3. The number of anilines is 1. The highest BCUT2D eigenvalue weighted by Crippen LogP contribution is 2.61. The van der Waals surface area contributed by atoms with Crippen LogP contribution >= 0.6 is 0 Å². The molecule has 1 heterocycles.